The average molecular weight is 186 g/mol. The smallest absolute Gasteiger partial charge is 0.0678 e. The lowest BCUT2D eigenvalue weighted by molar-refractivity contribution is -0.0706. The van der Waals surface area contributed by atoms with Crippen molar-refractivity contribution in [2.75, 3.05) is 26.2 Å². The van der Waals surface area contributed by atoms with E-state index in [-0.39, 0.29) is 0 Å². The molecule has 1 heterocycles. The fourth-order valence-corrected chi connectivity index (χ4v) is 1.95. The van der Waals surface area contributed by atoms with E-state index in [0.29, 0.717) is 18.1 Å². The predicted molar refractivity (Wildman–Crippen MR) is 54.7 cm³/mol. The molecule has 1 aliphatic heterocycles. The monoisotopic (exact) mass is 186 g/mol. The Morgan fingerprint density at radius 2 is 1.92 bits per heavy atom. The van der Waals surface area contributed by atoms with E-state index in [1.807, 2.05) is 0 Å². The maximum Gasteiger partial charge on any atom is 0.0678 e. The van der Waals surface area contributed by atoms with E-state index >= 15 is 0 Å². The number of hydrogen-bond donors (Lipinski definition) is 1. The van der Waals surface area contributed by atoms with Crippen LogP contribution >= 0.6 is 0 Å². The zero-order chi connectivity index (χ0) is 9.84. The van der Waals surface area contributed by atoms with Crippen LogP contribution in [0.2, 0.25) is 0 Å². The van der Waals surface area contributed by atoms with E-state index in [2.05, 4.69) is 25.7 Å². The SMILES string of the molecule is CC(CN)CN1CC(C)OC(C)C1. The molecule has 0 aromatic rings. The number of rotatable bonds is 3. The normalized spacial score (nSPS) is 33.2. The molecule has 0 radical (unpaired) electrons. The van der Waals surface area contributed by atoms with Crippen LogP contribution in [0.5, 0.6) is 0 Å². The molecule has 0 spiro atoms. The van der Waals surface area contributed by atoms with Crippen LogP contribution in [0.4, 0.5) is 0 Å². The molecule has 13 heavy (non-hydrogen) atoms. The van der Waals surface area contributed by atoms with Gasteiger partial charge in [-0.25, -0.2) is 0 Å². The van der Waals surface area contributed by atoms with Crippen LogP contribution in [-0.2, 0) is 4.74 Å². The Hall–Kier alpha value is -0.120. The van der Waals surface area contributed by atoms with Gasteiger partial charge in [-0.3, -0.25) is 4.90 Å². The maximum absolute atomic E-state index is 5.66. The number of nitrogens with zero attached hydrogens (tertiary/aromatic N) is 1. The lowest BCUT2D eigenvalue weighted by atomic mass is 10.1. The summed E-state index contributed by atoms with van der Waals surface area (Å²) in [5, 5.41) is 0. The molecule has 0 aromatic heterocycles. The van der Waals surface area contributed by atoms with Crippen molar-refractivity contribution in [3.63, 3.8) is 0 Å². The van der Waals surface area contributed by atoms with E-state index in [9.17, 15) is 0 Å². The molecule has 78 valence electrons. The van der Waals surface area contributed by atoms with Crippen molar-refractivity contribution in [3.05, 3.63) is 0 Å². The molecule has 0 aliphatic carbocycles. The van der Waals surface area contributed by atoms with Gasteiger partial charge in [0, 0.05) is 19.6 Å². The summed E-state index contributed by atoms with van der Waals surface area (Å²) in [6.45, 7) is 10.5. The Labute approximate surface area is 81.2 Å². The average Bonchev–Trinajstić information content (AvgIpc) is 2.02. The summed E-state index contributed by atoms with van der Waals surface area (Å²) >= 11 is 0. The molecule has 3 heteroatoms. The number of hydrogen-bond acceptors (Lipinski definition) is 3. The fourth-order valence-electron chi connectivity index (χ4n) is 1.95. The molecule has 1 fully saturated rings. The fraction of sp³-hybridized carbons (Fsp3) is 1.00. The molecule has 0 saturated carbocycles. The predicted octanol–water partition coefficient (Wildman–Crippen LogP) is 0.690. The van der Waals surface area contributed by atoms with Gasteiger partial charge in [-0.15, -0.1) is 0 Å². The highest BCUT2D eigenvalue weighted by molar-refractivity contribution is 4.74. The second kappa shape index (κ2) is 4.94. The summed E-state index contributed by atoms with van der Waals surface area (Å²) in [5.41, 5.74) is 5.60. The van der Waals surface area contributed by atoms with Gasteiger partial charge in [0.05, 0.1) is 12.2 Å². The topological polar surface area (TPSA) is 38.5 Å². The van der Waals surface area contributed by atoms with Gasteiger partial charge in [-0.2, -0.15) is 0 Å². The quantitative estimate of drug-likeness (QED) is 0.705. The van der Waals surface area contributed by atoms with Crippen molar-refractivity contribution in [3.8, 4) is 0 Å². The minimum absolute atomic E-state index is 0.369. The molecule has 1 rings (SSSR count). The van der Waals surface area contributed by atoms with Crippen LogP contribution in [0, 0.1) is 5.92 Å². The van der Waals surface area contributed by atoms with E-state index < -0.39 is 0 Å². The summed E-state index contributed by atoms with van der Waals surface area (Å²) in [4.78, 5) is 2.45. The summed E-state index contributed by atoms with van der Waals surface area (Å²) in [7, 11) is 0. The van der Waals surface area contributed by atoms with Crippen LogP contribution in [0.3, 0.4) is 0 Å². The van der Waals surface area contributed by atoms with Gasteiger partial charge in [-0.05, 0) is 26.3 Å². The molecule has 3 nitrogen and oxygen atoms in total. The first-order valence-electron chi connectivity index (χ1n) is 5.19. The Bertz CT molecular complexity index is 142. The number of ether oxygens (including phenoxy) is 1. The van der Waals surface area contributed by atoms with Gasteiger partial charge < -0.3 is 10.5 Å². The third-order valence-electron chi connectivity index (χ3n) is 2.47. The van der Waals surface area contributed by atoms with E-state index in [1.54, 1.807) is 0 Å². The first-order valence-corrected chi connectivity index (χ1v) is 5.19. The van der Waals surface area contributed by atoms with Crippen LogP contribution in [0.1, 0.15) is 20.8 Å². The summed E-state index contributed by atoms with van der Waals surface area (Å²) in [6.07, 6.45) is 0.738. The zero-order valence-electron chi connectivity index (χ0n) is 8.99. The lowest BCUT2D eigenvalue weighted by Gasteiger charge is -2.36. The Morgan fingerprint density at radius 1 is 1.38 bits per heavy atom. The third kappa shape index (κ3) is 3.63. The highest BCUT2D eigenvalue weighted by Gasteiger charge is 2.22. The second-order valence-electron chi connectivity index (χ2n) is 4.32. The first-order chi connectivity index (χ1) is 6.11. The number of nitrogens with two attached hydrogens (primary N) is 1. The second-order valence-corrected chi connectivity index (χ2v) is 4.32. The molecule has 1 saturated heterocycles. The highest BCUT2D eigenvalue weighted by atomic mass is 16.5. The van der Waals surface area contributed by atoms with Crippen LogP contribution in [0.25, 0.3) is 0 Å². The van der Waals surface area contributed by atoms with Gasteiger partial charge in [0.1, 0.15) is 0 Å². The molecule has 2 N–H and O–H groups in total. The van der Waals surface area contributed by atoms with Gasteiger partial charge >= 0.3 is 0 Å². The van der Waals surface area contributed by atoms with Crippen molar-refractivity contribution in [1.29, 1.82) is 0 Å². The maximum atomic E-state index is 5.66. The minimum Gasteiger partial charge on any atom is -0.373 e. The molecular weight excluding hydrogens is 164 g/mol. The molecule has 1 aliphatic rings. The van der Waals surface area contributed by atoms with Gasteiger partial charge in [0.15, 0.2) is 0 Å². The van der Waals surface area contributed by atoms with Gasteiger partial charge in [0.2, 0.25) is 0 Å². The highest BCUT2D eigenvalue weighted by Crippen LogP contribution is 2.11. The molecule has 0 aromatic carbocycles. The van der Waals surface area contributed by atoms with Crippen molar-refractivity contribution in [1.82, 2.24) is 4.90 Å². The molecule has 3 atom stereocenters. The van der Waals surface area contributed by atoms with Crippen molar-refractivity contribution in [2.45, 2.75) is 33.0 Å². The Morgan fingerprint density at radius 3 is 2.38 bits per heavy atom. The molecular formula is C10H22N2O. The lowest BCUT2D eigenvalue weighted by Crippen LogP contribution is -2.47. The third-order valence-corrected chi connectivity index (χ3v) is 2.47. The van der Waals surface area contributed by atoms with E-state index in [4.69, 9.17) is 10.5 Å². The van der Waals surface area contributed by atoms with Crippen molar-refractivity contribution < 1.29 is 4.74 Å². The first kappa shape index (κ1) is 11.0. The van der Waals surface area contributed by atoms with Gasteiger partial charge in [0.25, 0.3) is 0 Å². The van der Waals surface area contributed by atoms with E-state index in [0.717, 1.165) is 26.2 Å². The molecule has 3 unspecified atom stereocenters. The number of morpholine rings is 1. The Kier molecular flexibility index (Phi) is 4.16. The summed E-state index contributed by atoms with van der Waals surface area (Å²) < 4.78 is 5.66. The largest absolute Gasteiger partial charge is 0.373 e. The van der Waals surface area contributed by atoms with Crippen LogP contribution < -0.4 is 5.73 Å². The zero-order valence-corrected chi connectivity index (χ0v) is 8.99. The Balaban J connectivity index is 2.32. The summed E-state index contributed by atoms with van der Waals surface area (Å²) in [5.74, 6) is 0.595. The van der Waals surface area contributed by atoms with Crippen molar-refractivity contribution >= 4 is 0 Å². The van der Waals surface area contributed by atoms with Crippen molar-refractivity contribution in [2.24, 2.45) is 11.7 Å². The van der Waals surface area contributed by atoms with E-state index in [1.165, 1.54) is 0 Å². The summed E-state index contributed by atoms with van der Waals surface area (Å²) in [6, 6.07) is 0. The molecule has 0 amide bonds. The standard InChI is InChI=1S/C10H22N2O/c1-8(4-11)5-12-6-9(2)13-10(3)7-12/h8-10H,4-7,11H2,1-3H3. The van der Waals surface area contributed by atoms with Crippen LogP contribution in [0.15, 0.2) is 0 Å². The molecule has 0 bridgehead atoms. The van der Waals surface area contributed by atoms with Crippen LogP contribution in [-0.4, -0.2) is 43.3 Å². The van der Waals surface area contributed by atoms with Gasteiger partial charge in [-0.1, -0.05) is 6.92 Å². The minimum atomic E-state index is 0.369.